The SMILES string of the molecule is COCCCCC(=O)NCCC(C)=O. The summed E-state index contributed by atoms with van der Waals surface area (Å²) in [5.41, 5.74) is 0. The van der Waals surface area contributed by atoms with Gasteiger partial charge in [-0.05, 0) is 19.8 Å². The first-order valence-corrected chi connectivity index (χ1v) is 4.92. The Hall–Kier alpha value is -0.900. The van der Waals surface area contributed by atoms with Crippen LogP contribution >= 0.6 is 0 Å². The van der Waals surface area contributed by atoms with E-state index in [-0.39, 0.29) is 11.7 Å². The molecule has 82 valence electrons. The number of Topliss-reactive ketones (excluding diaryl/α,β-unsaturated/α-hetero) is 1. The number of hydrogen-bond donors (Lipinski definition) is 1. The van der Waals surface area contributed by atoms with Crippen molar-refractivity contribution in [2.75, 3.05) is 20.3 Å². The maximum atomic E-state index is 11.1. The average molecular weight is 201 g/mol. The number of hydrogen-bond acceptors (Lipinski definition) is 3. The molecule has 0 saturated heterocycles. The van der Waals surface area contributed by atoms with Crippen LogP contribution in [0, 0.1) is 0 Å². The monoisotopic (exact) mass is 201 g/mol. The van der Waals surface area contributed by atoms with Crippen molar-refractivity contribution in [2.24, 2.45) is 0 Å². The third kappa shape index (κ3) is 9.19. The highest BCUT2D eigenvalue weighted by Crippen LogP contribution is 1.95. The van der Waals surface area contributed by atoms with Gasteiger partial charge in [-0.15, -0.1) is 0 Å². The minimum absolute atomic E-state index is 0.0161. The lowest BCUT2D eigenvalue weighted by atomic mass is 10.2. The number of nitrogens with one attached hydrogen (secondary N) is 1. The molecule has 0 aliphatic heterocycles. The minimum Gasteiger partial charge on any atom is -0.385 e. The molecule has 14 heavy (non-hydrogen) atoms. The van der Waals surface area contributed by atoms with Crippen LogP contribution in [0.5, 0.6) is 0 Å². The van der Waals surface area contributed by atoms with Crippen LogP contribution in [-0.4, -0.2) is 32.0 Å². The van der Waals surface area contributed by atoms with Gasteiger partial charge in [0.2, 0.25) is 5.91 Å². The van der Waals surface area contributed by atoms with Crippen molar-refractivity contribution in [1.82, 2.24) is 5.32 Å². The maximum Gasteiger partial charge on any atom is 0.220 e. The lowest BCUT2D eigenvalue weighted by molar-refractivity contribution is -0.121. The molecule has 4 heteroatoms. The van der Waals surface area contributed by atoms with Crippen LogP contribution in [0.15, 0.2) is 0 Å². The van der Waals surface area contributed by atoms with E-state index in [9.17, 15) is 9.59 Å². The number of carbonyl (C=O) groups is 2. The third-order valence-corrected chi connectivity index (χ3v) is 1.80. The van der Waals surface area contributed by atoms with Gasteiger partial charge >= 0.3 is 0 Å². The fourth-order valence-electron chi connectivity index (χ4n) is 0.998. The minimum atomic E-state index is 0.0161. The van der Waals surface area contributed by atoms with Crippen LogP contribution in [0.1, 0.15) is 32.6 Å². The first kappa shape index (κ1) is 13.1. The maximum absolute atomic E-state index is 11.1. The summed E-state index contributed by atoms with van der Waals surface area (Å²) in [5, 5.41) is 2.69. The van der Waals surface area contributed by atoms with Crippen molar-refractivity contribution >= 4 is 11.7 Å². The summed E-state index contributed by atoms with van der Waals surface area (Å²) < 4.78 is 4.86. The summed E-state index contributed by atoms with van der Waals surface area (Å²) in [6.07, 6.45) is 2.67. The van der Waals surface area contributed by atoms with Gasteiger partial charge in [-0.1, -0.05) is 0 Å². The predicted octanol–water partition coefficient (Wildman–Crippen LogP) is 0.898. The molecular weight excluding hydrogens is 182 g/mol. The molecule has 1 N–H and O–H groups in total. The van der Waals surface area contributed by atoms with Crippen LogP contribution in [0.2, 0.25) is 0 Å². The Morgan fingerprint density at radius 1 is 1.21 bits per heavy atom. The highest BCUT2D eigenvalue weighted by atomic mass is 16.5. The van der Waals surface area contributed by atoms with Gasteiger partial charge in [-0.25, -0.2) is 0 Å². The van der Waals surface area contributed by atoms with Crippen LogP contribution in [0.4, 0.5) is 0 Å². The Kier molecular flexibility index (Phi) is 8.13. The number of ketones is 1. The van der Waals surface area contributed by atoms with Gasteiger partial charge in [-0.3, -0.25) is 9.59 Å². The zero-order valence-electron chi connectivity index (χ0n) is 8.97. The number of amides is 1. The summed E-state index contributed by atoms with van der Waals surface area (Å²) in [6.45, 7) is 2.67. The summed E-state index contributed by atoms with van der Waals surface area (Å²) in [6, 6.07) is 0. The Morgan fingerprint density at radius 3 is 2.50 bits per heavy atom. The molecule has 0 aliphatic carbocycles. The summed E-state index contributed by atoms with van der Waals surface area (Å²) >= 11 is 0. The van der Waals surface area contributed by atoms with E-state index in [1.165, 1.54) is 6.92 Å². The van der Waals surface area contributed by atoms with E-state index < -0.39 is 0 Å². The molecule has 0 aromatic rings. The molecule has 0 atom stereocenters. The third-order valence-electron chi connectivity index (χ3n) is 1.80. The normalized spacial score (nSPS) is 9.86. The highest BCUT2D eigenvalue weighted by molar-refractivity contribution is 5.78. The van der Waals surface area contributed by atoms with E-state index in [2.05, 4.69) is 5.32 Å². The van der Waals surface area contributed by atoms with Crippen molar-refractivity contribution in [3.05, 3.63) is 0 Å². The van der Waals surface area contributed by atoms with Crippen molar-refractivity contribution in [3.63, 3.8) is 0 Å². The molecule has 0 fully saturated rings. The highest BCUT2D eigenvalue weighted by Gasteiger charge is 2.00. The van der Waals surface area contributed by atoms with E-state index in [4.69, 9.17) is 4.74 Å². The second-order valence-electron chi connectivity index (χ2n) is 3.25. The standard InChI is InChI=1S/C10H19NO3/c1-9(12)6-7-11-10(13)5-3-4-8-14-2/h3-8H2,1-2H3,(H,11,13). The fourth-order valence-corrected chi connectivity index (χ4v) is 0.998. The number of rotatable bonds is 8. The topological polar surface area (TPSA) is 55.4 Å². The van der Waals surface area contributed by atoms with Crippen LogP contribution in [-0.2, 0) is 14.3 Å². The van der Waals surface area contributed by atoms with Crippen LogP contribution in [0.25, 0.3) is 0 Å². The van der Waals surface area contributed by atoms with E-state index in [1.807, 2.05) is 0 Å². The van der Waals surface area contributed by atoms with E-state index >= 15 is 0 Å². The van der Waals surface area contributed by atoms with Gasteiger partial charge in [0, 0.05) is 33.1 Å². The zero-order valence-corrected chi connectivity index (χ0v) is 8.97. The van der Waals surface area contributed by atoms with Crippen molar-refractivity contribution < 1.29 is 14.3 Å². The molecule has 0 bridgehead atoms. The molecule has 4 nitrogen and oxygen atoms in total. The second kappa shape index (κ2) is 8.69. The van der Waals surface area contributed by atoms with Crippen molar-refractivity contribution in [1.29, 1.82) is 0 Å². The zero-order chi connectivity index (χ0) is 10.8. The molecule has 0 saturated carbocycles. The molecule has 0 radical (unpaired) electrons. The summed E-state index contributed by atoms with van der Waals surface area (Å²) in [5.74, 6) is 0.118. The lowest BCUT2D eigenvalue weighted by Crippen LogP contribution is -2.25. The first-order valence-electron chi connectivity index (χ1n) is 4.92. The number of methoxy groups -OCH3 is 1. The number of carbonyl (C=O) groups excluding carboxylic acids is 2. The predicted molar refractivity (Wildman–Crippen MR) is 54.0 cm³/mol. The molecular formula is C10H19NO3. The second-order valence-corrected chi connectivity index (χ2v) is 3.25. The van der Waals surface area contributed by atoms with Gasteiger partial charge in [0.25, 0.3) is 0 Å². The first-order chi connectivity index (χ1) is 6.66. The van der Waals surface area contributed by atoms with E-state index in [0.29, 0.717) is 26.0 Å². The molecule has 0 aromatic heterocycles. The van der Waals surface area contributed by atoms with E-state index in [0.717, 1.165) is 12.8 Å². The van der Waals surface area contributed by atoms with Gasteiger partial charge in [0.15, 0.2) is 0 Å². The molecule has 0 heterocycles. The fraction of sp³-hybridized carbons (Fsp3) is 0.800. The van der Waals surface area contributed by atoms with Gasteiger partial charge < -0.3 is 10.1 Å². The smallest absolute Gasteiger partial charge is 0.220 e. The van der Waals surface area contributed by atoms with Gasteiger partial charge in [-0.2, -0.15) is 0 Å². The quantitative estimate of drug-likeness (QED) is 0.593. The summed E-state index contributed by atoms with van der Waals surface area (Å²) in [7, 11) is 1.65. The number of ether oxygens (including phenoxy) is 1. The van der Waals surface area contributed by atoms with E-state index in [1.54, 1.807) is 7.11 Å². The molecule has 0 aliphatic rings. The van der Waals surface area contributed by atoms with Crippen molar-refractivity contribution in [2.45, 2.75) is 32.6 Å². The molecule has 0 spiro atoms. The molecule has 1 amide bonds. The Morgan fingerprint density at radius 2 is 1.93 bits per heavy atom. The lowest BCUT2D eigenvalue weighted by Gasteiger charge is -2.03. The number of unbranched alkanes of at least 4 members (excludes halogenated alkanes) is 1. The van der Waals surface area contributed by atoms with Gasteiger partial charge in [0.05, 0.1) is 0 Å². The Labute approximate surface area is 85.0 Å². The molecule has 0 aromatic carbocycles. The summed E-state index contributed by atoms with van der Waals surface area (Å²) in [4.78, 5) is 21.7. The molecule has 0 rings (SSSR count). The Balaban J connectivity index is 3.24. The van der Waals surface area contributed by atoms with Crippen LogP contribution < -0.4 is 5.32 Å². The van der Waals surface area contributed by atoms with Crippen molar-refractivity contribution in [3.8, 4) is 0 Å². The average Bonchev–Trinajstić information content (AvgIpc) is 2.12. The Bertz CT molecular complexity index is 180. The van der Waals surface area contributed by atoms with Crippen LogP contribution in [0.3, 0.4) is 0 Å². The van der Waals surface area contributed by atoms with Gasteiger partial charge in [0.1, 0.15) is 5.78 Å². The molecule has 0 unspecified atom stereocenters. The largest absolute Gasteiger partial charge is 0.385 e.